The van der Waals surface area contributed by atoms with Gasteiger partial charge in [-0.15, -0.1) is 0 Å². The number of carbonyl (C=O) groups is 2. The Morgan fingerprint density at radius 2 is 1.53 bits per heavy atom. The number of ether oxygens (including phenoxy) is 2. The van der Waals surface area contributed by atoms with Crippen LogP contribution < -0.4 is 9.47 Å². The molecule has 172 valence electrons. The zero-order chi connectivity index (χ0) is 24.2. The van der Waals surface area contributed by atoms with Gasteiger partial charge in [-0.2, -0.15) is 8.75 Å². The molecule has 0 spiro atoms. The van der Waals surface area contributed by atoms with Crippen LogP contribution in [0.1, 0.15) is 27.0 Å². The Hall–Kier alpha value is -4.04. The molecule has 0 aliphatic carbocycles. The number of nitrogens with zero attached hydrogens (tertiary/aromatic N) is 2. The van der Waals surface area contributed by atoms with Crippen LogP contribution in [0.5, 0.6) is 11.5 Å². The lowest BCUT2D eigenvalue weighted by Gasteiger charge is -2.15. The highest BCUT2D eigenvalue weighted by Gasteiger charge is 2.25. The lowest BCUT2D eigenvalue weighted by atomic mass is 9.89. The summed E-state index contributed by atoms with van der Waals surface area (Å²) in [5, 5.41) is 10.2. The van der Waals surface area contributed by atoms with Crippen molar-refractivity contribution in [3.8, 4) is 11.5 Å². The van der Waals surface area contributed by atoms with Gasteiger partial charge >= 0.3 is 5.97 Å². The molecular formula is C26H22N2O5S. The number of allylic oxidation sites excluding steroid dienone is 1. The van der Waals surface area contributed by atoms with Crippen molar-refractivity contribution < 1.29 is 24.2 Å². The molecule has 1 heterocycles. The van der Waals surface area contributed by atoms with Crippen molar-refractivity contribution in [2.24, 2.45) is 0 Å². The second-order valence-electron chi connectivity index (χ2n) is 7.69. The molecule has 1 aromatic heterocycles. The van der Waals surface area contributed by atoms with Gasteiger partial charge in [0, 0.05) is 17.6 Å². The smallest absolute Gasteiger partial charge is 0.336 e. The fourth-order valence-corrected chi connectivity index (χ4v) is 4.23. The maximum atomic E-state index is 13.8. The standard InChI is InChI=1S/C26H22N2O5S/c1-15-4-6-16(7-5-15)12-19(25(29)18-9-11-22(32-2)23(14-18)33-3)24(26(30)31)17-8-10-20-21(13-17)28-34-27-20/h4-11,13-14H,12H2,1-3H3,(H,30,31). The monoisotopic (exact) mass is 474 g/mol. The molecule has 7 nitrogen and oxygen atoms in total. The Labute approximate surface area is 200 Å². The Bertz CT molecular complexity index is 1410. The maximum Gasteiger partial charge on any atom is 0.336 e. The minimum Gasteiger partial charge on any atom is -0.493 e. The van der Waals surface area contributed by atoms with Gasteiger partial charge in [-0.25, -0.2) is 4.79 Å². The SMILES string of the molecule is COc1ccc(C(=O)C(Cc2ccc(C)cc2)=C(C(=O)O)c2ccc3nsnc3c2)cc1OC. The molecule has 4 aromatic rings. The minimum absolute atomic E-state index is 0.0738. The molecule has 0 aliphatic rings. The van der Waals surface area contributed by atoms with E-state index in [0.717, 1.165) is 22.9 Å². The number of hydrogen-bond donors (Lipinski definition) is 1. The molecule has 8 heteroatoms. The van der Waals surface area contributed by atoms with Gasteiger partial charge in [0.2, 0.25) is 0 Å². The van der Waals surface area contributed by atoms with Crippen LogP contribution >= 0.6 is 11.7 Å². The fraction of sp³-hybridized carbons (Fsp3) is 0.154. The highest BCUT2D eigenvalue weighted by atomic mass is 32.1. The van der Waals surface area contributed by atoms with E-state index < -0.39 is 11.8 Å². The van der Waals surface area contributed by atoms with Crippen molar-refractivity contribution in [2.45, 2.75) is 13.3 Å². The Morgan fingerprint density at radius 3 is 2.21 bits per heavy atom. The number of methoxy groups -OCH3 is 2. The maximum absolute atomic E-state index is 13.8. The minimum atomic E-state index is -1.20. The second-order valence-corrected chi connectivity index (χ2v) is 8.22. The number of aliphatic carboxylic acids is 1. The molecule has 0 bridgehead atoms. The van der Waals surface area contributed by atoms with E-state index in [1.165, 1.54) is 14.2 Å². The summed E-state index contributed by atoms with van der Waals surface area (Å²) in [5.41, 5.74) is 3.92. The number of aryl methyl sites for hydroxylation is 1. The van der Waals surface area contributed by atoms with Crippen LogP contribution in [0.15, 0.2) is 66.2 Å². The van der Waals surface area contributed by atoms with E-state index in [1.807, 2.05) is 31.2 Å². The van der Waals surface area contributed by atoms with Crippen LogP contribution in [-0.2, 0) is 11.2 Å². The van der Waals surface area contributed by atoms with Crippen LogP contribution in [0.25, 0.3) is 16.6 Å². The normalized spacial score (nSPS) is 11.7. The van der Waals surface area contributed by atoms with E-state index in [4.69, 9.17) is 9.47 Å². The quantitative estimate of drug-likeness (QED) is 0.284. The summed E-state index contributed by atoms with van der Waals surface area (Å²) in [5.74, 6) is -0.744. The van der Waals surface area contributed by atoms with Crippen molar-refractivity contribution in [1.82, 2.24) is 8.75 Å². The van der Waals surface area contributed by atoms with E-state index in [9.17, 15) is 14.7 Å². The molecule has 1 N–H and O–H groups in total. The first-order valence-electron chi connectivity index (χ1n) is 10.4. The summed E-state index contributed by atoms with van der Waals surface area (Å²) in [4.78, 5) is 26.3. The van der Waals surface area contributed by atoms with Gasteiger partial charge in [0.15, 0.2) is 17.3 Å². The van der Waals surface area contributed by atoms with Gasteiger partial charge in [-0.05, 0) is 48.4 Å². The molecule has 34 heavy (non-hydrogen) atoms. The number of Topliss-reactive ketones (excluding diaryl/α,β-unsaturated/α-hetero) is 1. The number of fused-ring (bicyclic) bond motifs is 1. The van der Waals surface area contributed by atoms with E-state index in [2.05, 4.69) is 8.75 Å². The van der Waals surface area contributed by atoms with Crippen molar-refractivity contribution in [2.75, 3.05) is 14.2 Å². The highest BCUT2D eigenvalue weighted by molar-refractivity contribution is 7.00. The first-order valence-corrected chi connectivity index (χ1v) is 11.2. The predicted molar refractivity (Wildman–Crippen MR) is 131 cm³/mol. The summed E-state index contributed by atoms with van der Waals surface area (Å²) >= 11 is 1.05. The highest BCUT2D eigenvalue weighted by Crippen LogP contribution is 2.32. The van der Waals surface area contributed by atoms with Crippen LogP contribution in [0.2, 0.25) is 0 Å². The second kappa shape index (κ2) is 9.84. The average molecular weight is 475 g/mol. The summed E-state index contributed by atoms with van der Waals surface area (Å²) in [7, 11) is 2.99. The number of aromatic nitrogens is 2. The number of rotatable bonds is 8. The first-order chi connectivity index (χ1) is 16.4. The third-order valence-corrected chi connectivity index (χ3v) is 6.04. The molecule has 0 unspecified atom stereocenters. The zero-order valence-electron chi connectivity index (χ0n) is 18.9. The summed E-state index contributed by atoms with van der Waals surface area (Å²) in [6.07, 6.45) is 0.141. The molecule has 3 aromatic carbocycles. The van der Waals surface area contributed by atoms with Crippen molar-refractivity contribution in [1.29, 1.82) is 0 Å². The number of benzene rings is 3. The van der Waals surface area contributed by atoms with Gasteiger partial charge in [0.1, 0.15) is 11.0 Å². The van der Waals surface area contributed by atoms with Gasteiger partial charge < -0.3 is 14.6 Å². The number of carboxylic acid groups (broad SMARTS) is 1. The van der Waals surface area contributed by atoms with Gasteiger partial charge in [0.25, 0.3) is 0 Å². The van der Waals surface area contributed by atoms with Crippen LogP contribution in [0.3, 0.4) is 0 Å². The molecule has 0 saturated carbocycles. The Kier molecular flexibility index (Phi) is 6.70. The lowest BCUT2D eigenvalue weighted by molar-refractivity contribution is -0.130. The number of hydrogen-bond acceptors (Lipinski definition) is 7. The van der Waals surface area contributed by atoms with E-state index >= 15 is 0 Å². The van der Waals surface area contributed by atoms with E-state index in [-0.39, 0.29) is 17.6 Å². The third-order valence-electron chi connectivity index (χ3n) is 5.48. The molecule has 0 amide bonds. The number of carbonyl (C=O) groups excluding carboxylic acids is 1. The fourth-order valence-electron chi connectivity index (χ4n) is 3.71. The number of ketones is 1. The van der Waals surface area contributed by atoms with Gasteiger partial charge in [-0.1, -0.05) is 35.9 Å². The third kappa shape index (κ3) is 4.67. The van der Waals surface area contributed by atoms with Crippen LogP contribution in [0.4, 0.5) is 0 Å². The zero-order valence-corrected chi connectivity index (χ0v) is 19.7. The molecule has 0 radical (unpaired) electrons. The largest absolute Gasteiger partial charge is 0.493 e. The predicted octanol–water partition coefficient (Wildman–Crippen LogP) is 4.98. The Balaban J connectivity index is 1.91. The molecular weight excluding hydrogens is 452 g/mol. The van der Waals surface area contributed by atoms with Crippen LogP contribution in [0, 0.1) is 6.92 Å². The average Bonchev–Trinajstić information content (AvgIpc) is 3.32. The van der Waals surface area contributed by atoms with Crippen molar-refractivity contribution >= 4 is 40.1 Å². The van der Waals surface area contributed by atoms with Crippen molar-refractivity contribution in [3.05, 3.63) is 88.5 Å². The summed E-state index contributed by atoms with van der Waals surface area (Å²) in [6.45, 7) is 1.97. The van der Waals surface area contributed by atoms with Crippen molar-refractivity contribution in [3.63, 3.8) is 0 Å². The molecule has 0 atom stereocenters. The van der Waals surface area contributed by atoms with Crippen LogP contribution in [-0.4, -0.2) is 39.8 Å². The molecule has 0 aliphatic heterocycles. The molecule has 0 fully saturated rings. The Morgan fingerprint density at radius 1 is 0.853 bits per heavy atom. The van der Waals surface area contributed by atoms with E-state index in [0.29, 0.717) is 33.7 Å². The summed E-state index contributed by atoms with van der Waals surface area (Å²) in [6, 6.07) is 17.5. The molecule has 0 saturated heterocycles. The molecule has 4 rings (SSSR count). The van der Waals surface area contributed by atoms with Gasteiger partial charge in [-0.3, -0.25) is 4.79 Å². The van der Waals surface area contributed by atoms with Gasteiger partial charge in [0.05, 0.1) is 31.5 Å². The topological polar surface area (TPSA) is 98.6 Å². The number of carboxylic acids is 1. The summed E-state index contributed by atoms with van der Waals surface area (Å²) < 4.78 is 19.0. The first kappa shape index (κ1) is 23.1. The van der Waals surface area contributed by atoms with E-state index in [1.54, 1.807) is 36.4 Å². The lowest BCUT2D eigenvalue weighted by Crippen LogP contribution is -2.14.